The van der Waals surface area contributed by atoms with Crippen LogP contribution in [0.2, 0.25) is 0 Å². The summed E-state index contributed by atoms with van der Waals surface area (Å²) in [5.74, 6) is 0.458. The van der Waals surface area contributed by atoms with Gasteiger partial charge >= 0.3 is 6.18 Å². The third-order valence-electron chi connectivity index (χ3n) is 5.05. The zero-order valence-corrected chi connectivity index (χ0v) is 18.7. The Balaban J connectivity index is 1.87. The van der Waals surface area contributed by atoms with Crippen LogP contribution >= 0.6 is 0 Å². The van der Waals surface area contributed by atoms with Crippen LogP contribution in [-0.2, 0) is 10.0 Å². The summed E-state index contributed by atoms with van der Waals surface area (Å²) >= 11 is 0. The number of hydrogen-bond donors (Lipinski definition) is 1. The van der Waals surface area contributed by atoms with E-state index in [1.165, 1.54) is 6.07 Å². The number of aryl methyl sites for hydroxylation is 1. The zero-order chi connectivity index (χ0) is 24.7. The van der Waals surface area contributed by atoms with Gasteiger partial charge in [0.15, 0.2) is 0 Å². The topological polar surface area (TPSA) is 114 Å². The molecule has 4 aromatic rings. The Morgan fingerprint density at radius 1 is 1.12 bits per heavy atom. The smallest absolute Gasteiger partial charge is 0.275 e. The van der Waals surface area contributed by atoms with Crippen LogP contribution in [0, 0.1) is 18.3 Å². The van der Waals surface area contributed by atoms with Crippen molar-refractivity contribution >= 4 is 21.1 Å². The van der Waals surface area contributed by atoms with Gasteiger partial charge in [0.1, 0.15) is 28.5 Å². The number of nitrogens with one attached hydrogen (secondary N) is 1. The van der Waals surface area contributed by atoms with E-state index in [0.717, 1.165) is 17.8 Å². The number of pyridine rings is 3. The average molecular weight is 486 g/mol. The monoisotopic (exact) mass is 486 g/mol. The lowest BCUT2D eigenvalue weighted by Gasteiger charge is -2.17. The minimum Gasteiger partial charge on any atom is -0.275 e. The predicted octanol–water partition coefficient (Wildman–Crippen LogP) is 3.89. The minimum absolute atomic E-state index is 0.223. The van der Waals surface area contributed by atoms with Crippen molar-refractivity contribution in [2.24, 2.45) is 0 Å². The van der Waals surface area contributed by atoms with E-state index in [-0.39, 0.29) is 11.3 Å². The first-order chi connectivity index (χ1) is 16.0. The lowest BCUT2D eigenvalue weighted by atomic mass is 10.1. The van der Waals surface area contributed by atoms with E-state index < -0.39 is 27.1 Å². The number of sulfonamides is 1. The second-order valence-electron chi connectivity index (χ2n) is 7.51. The van der Waals surface area contributed by atoms with Gasteiger partial charge in [-0.25, -0.2) is 18.4 Å². The molecule has 0 aliphatic heterocycles. The molecule has 0 aliphatic carbocycles. The van der Waals surface area contributed by atoms with Gasteiger partial charge in [-0.1, -0.05) is 6.07 Å². The molecule has 0 aromatic carbocycles. The summed E-state index contributed by atoms with van der Waals surface area (Å²) in [7, 11) is -4.48. The van der Waals surface area contributed by atoms with E-state index in [2.05, 4.69) is 21.0 Å². The molecule has 4 heterocycles. The molecule has 4 aromatic heterocycles. The van der Waals surface area contributed by atoms with Gasteiger partial charge in [0, 0.05) is 24.0 Å². The second kappa shape index (κ2) is 8.51. The van der Waals surface area contributed by atoms with E-state index in [0.29, 0.717) is 29.5 Å². The van der Waals surface area contributed by atoms with Crippen LogP contribution < -0.4 is 4.72 Å². The van der Waals surface area contributed by atoms with Crippen molar-refractivity contribution < 1.29 is 21.6 Å². The Labute approximate surface area is 192 Å². The molecule has 1 N–H and O–H groups in total. The van der Waals surface area contributed by atoms with Crippen molar-refractivity contribution in [2.75, 3.05) is 0 Å². The maximum Gasteiger partial charge on any atom is 0.404 e. The fraction of sp³-hybridized carbons (Fsp3) is 0.182. The van der Waals surface area contributed by atoms with Crippen molar-refractivity contribution in [3.05, 3.63) is 66.1 Å². The highest BCUT2D eigenvalue weighted by atomic mass is 32.2. The van der Waals surface area contributed by atoms with Crippen molar-refractivity contribution in [3.63, 3.8) is 0 Å². The van der Waals surface area contributed by atoms with E-state index in [4.69, 9.17) is 0 Å². The normalized spacial score (nSPS) is 13.1. The highest BCUT2D eigenvalue weighted by Gasteiger charge is 2.39. The molecule has 0 aliphatic rings. The van der Waals surface area contributed by atoms with Crippen molar-refractivity contribution in [1.29, 1.82) is 5.26 Å². The number of nitrogens with zero attached hydrogens (tertiary/aromatic N) is 5. The van der Waals surface area contributed by atoms with E-state index in [1.807, 2.05) is 6.92 Å². The zero-order valence-electron chi connectivity index (χ0n) is 17.9. The summed E-state index contributed by atoms with van der Waals surface area (Å²) in [6, 6.07) is 9.34. The summed E-state index contributed by atoms with van der Waals surface area (Å²) in [6.45, 7) is 2.54. The SMILES string of the molecule is Cc1cnc2c(c1)c(C#N)c(-c1ccc(S(=O)(=O)N[C@@H](C)C(F)(F)F)cn1)n2-c1ccccn1. The van der Waals surface area contributed by atoms with Gasteiger partial charge in [0.2, 0.25) is 10.0 Å². The molecule has 0 saturated carbocycles. The molecular weight excluding hydrogens is 469 g/mol. The molecular formula is C22H17F3N6O2S. The number of aromatic nitrogens is 4. The molecule has 34 heavy (non-hydrogen) atoms. The molecule has 0 bridgehead atoms. The van der Waals surface area contributed by atoms with Gasteiger partial charge in [0.05, 0.1) is 17.0 Å². The average Bonchev–Trinajstić information content (AvgIpc) is 3.12. The van der Waals surface area contributed by atoms with Crippen molar-refractivity contribution in [1.82, 2.24) is 24.2 Å². The molecule has 8 nitrogen and oxygen atoms in total. The molecule has 174 valence electrons. The Hall–Kier alpha value is -3.82. The molecule has 0 saturated heterocycles. The largest absolute Gasteiger partial charge is 0.404 e. The van der Waals surface area contributed by atoms with E-state index in [1.54, 1.807) is 45.9 Å². The van der Waals surface area contributed by atoms with Crippen LogP contribution in [0.25, 0.3) is 28.2 Å². The maximum atomic E-state index is 12.8. The Kier molecular flexibility index (Phi) is 5.84. The van der Waals surface area contributed by atoms with Gasteiger partial charge < -0.3 is 0 Å². The van der Waals surface area contributed by atoms with Crippen molar-refractivity contribution in [3.8, 4) is 23.3 Å². The van der Waals surface area contributed by atoms with Crippen molar-refractivity contribution in [2.45, 2.75) is 31.0 Å². The van der Waals surface area contributed by atoms with Gasteiger partial charge in [-0.15, -0.1) is 0 Å². The maximum absolute atomic E-state index is 12.8. The minimum atomic E-state index is -4.74. The van der Waals surface area contributed by atoms with Crippen LogP contribution in [-0.4, -0.2) is 40.2 Å². The Bertz CT molecular complexity index is 1510. The van der Waals surface area contributed by atoms with Gasteiger partial charge in [0.25, 0.3) is 0 Å². The Morgan fingerprint density at radius 3 is 2.47 bits per heavy atom. The number of hydrogen-bond acceptors (Lipinski definition) is 6. The Morgan fingerprint density at radius 2 is 1.88 bits per heavy atom. The quantitative estimate of drug-likeness (QED) is 0.458. The van der Waals surface area contributed by atoms with E-state index in [9.17, 15) is 26.9 Å². The van der Waals surface area contributed by atoms with Gasteiger partial charge in [-0.3, -0.25) is 9.55 Å². The third kappa shape index (κ3) is 4.23. The summed E-state index contributed by atoms with van der Waals surface area (Å²) in [5.41, 5.74) is 2.09. The highest BCUT2D eigenvalue weighted by molar-refractivity contribution is 7.89. The number of nitriles is 1. The van der Waals surface area contributed by atoms with Gasteiger partial charge in [-0.2, -0.15) is 23.2 Å². The molecule has 0 fully saturated rings. The fourth-order valence-corrected chi connectivity index (χ4v) is 4.56. The molecule has 0 spiro atoms. The third-order valence-corrected chi connectivity index (χ3v) is 6.57. The predicted molar refractivity (Wildman–Crippen MR) is 117 cm³/mol. The number of halogens is 3. The fourth-order valence-electron chi connectivity index (χ4n) is 3.38. The first kappa shape index (κ1) is 23.3. The van der Waals surface area contributed by atoms with Crippen LogP contribution in [0.4, 0.5) is 13.2 Å². The summed E-state index contributed by atoms with van der Waals surface area (Å²) in [5, 5.41) is 10.5. The summed E-state index contributed by atoms with van der Waals surface area (Å²) in [6.07, 6.45) is -0.580. The second-order valence-corrected chi connectivity index (χ2v) is 9.22. The molecule has 12 heteroatoms. The lowest BCUT2D eigenvalue weighted by molar-refractivity contribution is -0.147. The standard InChI is InChI=1S/C22H17F3N6O2S/c1-13-9-16-17(10-26)20(31(21(16)29-11-13)19-5-3-4-8-27-19)18-7-6-15(12-28-18)34(32,33)30-14(2)22(23,24)25/h3-9,11-12,14,30H,1-2H3/t14-/m0/s1. The lowest BCUT2D eigenvalue weighted by Crippen LogP contribution is -2.42. The molecule has 0 unspecified atom stereocenters. The summed E-state index contributed by atoms with van der Waals surface area (Å²) < 4.78 is 66.5. The first-order valence-electron chi connectivity index (χ1n) is 9.91. The molecule has 0 amide bonds. The van der Waals surface area contributed by atoms with Crippen LogP contribution in [0.1, 0.15) is 18.1 Å². The number of fused-ring (bicyclic) bond motifs is 1. The van der Waals surface area contributed by atoms with Crippen LogP contribution in [0.5, 0.6) is 0 Å². The number of rotatable bonds is 5. The highest BCUT2D eigenvalue weighted by Crippen LogP contribution is 2.34. The summed E-state index contributed by atoms with van der Waals surface area (Å²) in [4.78, 5) is 12.5. The number of alkyl halides is 3. The molecule has 4 rings (SSSR count). The van der Waals surface area contributed by atoms with Gasteiger partial charge in [-0.05, 0) is 49.7 Å². The molecule has 1 atom stereocenters. The first-order valence-corrected chi connectivity index (χ1v) is 11.4. The van der Waals surface area contributed by atoms with E-state index >= 15 is 0 Å². The molecule has 0 radical (unpaired) electrons. The van der Waals surface area contributed by atoms with Crippen LogP contribution in [0.3, 0.4) is 0 Å². The van der Waals surface area contributed by atoms with Crippen LogP contribution in [0.15, 0.2) is 59.9 Å².